The fraction of sp³-hybridized carbons (Fsp3) is 0.200. The molecular formula is C10H11N3O. The maximum Gasteiger partial charge on any atom is 0.255 e. The van der Waals surface area contributed by atoms with Crippen molar-refractivity contribution in [1.82, 2.24) is 0 Å². The van der Waals surface area contributed by atoms with Gasteiger partial charge in [0.1, 0.15) is 0 Å². The fourth-order valence-electron chi connectivity index (χ4n) is 1.33. The van der Waals surface area contributed by atoms with Crippen LogP contribution in [0.1, 0.15) is 6.92 Å². The van der Waals surface area contributed by atoms with Crippen molar-refractivity contribution in [2.24, 2.45) is 11.0 Å². The molecule has 0 bridgehead atoms. The Morgan fingerprint density at radius 3 is 2.86 bits per heavy atom. The predicted octanol–water partition coefficient (Wildman–Crippen LogP) is 1.24. The summed E-state index contributed by atoms with van der Waals surface area (Å²) in [5.41, 5.74) is 6.96. The molecule has 1 aliphatic rings. The lowest BCUT2D eigenvalue weighted by atomic mass is 10.2. The monoisotopic (exact) mass is 189 g/mol. The summed E-state index contributed by atoms with van der Waals surface area (Å²) >= 11 is 0. The van der Waals surface area contributed by atoms with Gasteiger partial charge in [0, 0.05) is 11.9 Å². The zero-order valence-electron chi connectivity index (χ0n) is 7.84. The second-order valence-electron chi connectivity index (χ2n) is 3.30. The highest BCUT2D eigenvalue weighted by Crippen LogP contribution is 2.22. The Bertz CT molecular complexity index is 400. The highest BCUT2D eigenvalue weighted by Gasteiger charge is 2.25. The van der Waals surface area contributed by atoms with Gasteiger partial charge in [0.05, 0.1) is 11.6 Å². The topological polar surface area (TPSA) is 58.7 Å². The number of carbonyl (C=O) groups excluding carboxylic acids is 1. The third-order valence-corrected chi connectivity index (χ3v) is 2.12. The molecule has 0 spiro atoms. The third kappa shape index (κ3) is 1.35. The number of rotatable bonds is 1. The van der Waals surface area contributed by atoms with Gasteiger partial charge in [-0.3, -0.25) is 4.79 Å². The molecule has 0 saturated carbocycles. The zero-order chi connectivity index (χ0) is 10.1. The van der Waals surface area contributed by atoms with Crippen LogP contribution in [0.3, 0.4) is 0 Å². The van der Waals surface area contributed by atoms with Gasteiger partial charge < -0.3 is 5.73 Å². The lowest BCUT2D eigenvalue weighted by Gasteiger charge is -2.12. The van der Waals surface area contributed by atoms with E-state index in [-0.39, 0.29) is 11.8 Å². The van der Waals surface area contributed by atoms with Crippen molar-refractivity contribution in [3.8, 4) is 0 Å². The van der Waals surface area contributed by atoms with Crippen LogP contribution in [0.25, 0.3) is 0 Å². The average Bonchev–Trinajstić information content (AvgIpc) is 2.48. The molecule has 1 unspecified atom stereocenters. The number of benzene rings is 1. The highest BCUT2D eigenvalue weighted by atomic mass is 16.2. The van der Waals surface area contributed by atoms with Crippen molar-refractivity contribution in [3.05, 3.63) is 24.3 Å². The van der Waals surface area contributed by atoms with Crippen molar-refractivity contribution in [2.45, 2.75) is 6.92 Å². The number of hydrazone groups is 1. The van der Waals surface area contributed by atoms with Gasteiger partial charge in [-0.1, -0.05) is 6.07 Å². The van der Waals surface area contributed by atoms with Crippen molar-refractivity contribution in [2.75, 3.05) is 10.7 Å². The van der Waals surface area contributed by atoms with E-state index in [1.807, 2.05) is 13.0 Å². The largest absolute Gasteiger partial charge is 0.399 e. The van der Waals surface area contributed by atoms with E-state index in [9.17, 15) is 4.79 Å². The Hall–Kier alpha value is -1.84. The number of hydrogen-bond donors (Lipinski definition) is 1. The van der Waals surface area contributed by atoms with Gasteiger partial charge in [0.15, 0.2) is 0 Å². The highest BCUT2D eigenvalue weighted by molar-refractivity contribution is 6.07. The molecule has 1 aliphatic heterocycles. The van der Waals surface area contributed by atoms with E-state index in [1.165, 1.54) is 5.01 Å². The Morgan fingerprint density at radius 2 is 2.29 bits per heavy atom. The number of anilines is 2. The van der Waals surface area contributed by atoms with E-state index in [4.69, 9.17) is 5.73 Å². The summed E-state index contributed by atoms with van der Waals surface area (Å²) in [5, 5.41) is 5.39. The Labute approximate surface area is 82.0 Å². The Kier molecular flexibility index (Phi) is 1.96. The number of carbonyl (C=O) groups is 1. The molecule has 2 N–H and O–H groups in total. The molecule has 0 aliphatic carbocycles. The van der Waals surface area contributed by atoms with Crippen molar-refractivity contribution < 1.29 is 4.79 Å². The second-order valence-corrected chi connectivity index (χ2v) is 3.30. The van der Waals surface area contributed by atoms with Crippen molar-refractivity contribution >= 4 is 23.5 Å². The standard InChI is InChI=1S/C10H11N3O/c1-7-6-12-13(10(7)14)9-4-2-3-8(11)5-9/h2-7H,11H2,1H3. The molecule has 1 aromatic rings. The average molecular weight is 189 g/mol. The molecule has 4 nitrogen and oxygen atoms in total. The molecule has 1 heterocycles. The lowest BCUT2D eigenvalue weighted by Crippen LogP contribution is -2.24. The maximum absolute atomic E-state index is 11.6. The minimum Gasteiger partial charge on any atom is -0.399 e. The Morgan fingerprint density at radius 1 is 1.50 bits per heavy atom. The minimum absolute atomic E-state index is 0.0180. The van der Waals surface area contributed by atoms with Crippen LogP contribution in [-0.2, 0) is 4.79 Å². The minimum atomic E-state index is -0.142. The lowest BCUT2D eigenvalue weighted by molar-refractivity contribution is -0.119. The molecular weight excluding hydrogens is 178 g/mol. The van der Waals surface area contributed by atoms with Crippen LogP contribution < -0.4 is 10.7 Å². The molecule has 0 fully saturated rings. The number of nitrogen functional groups attached to an aromatic ring is 1. The summed E-state index contributed by atoms with van der Waals surface area (Å²) in [6.45, 7) is 1.82. The van der Waals surface area contributed by atoms with Crippen LogP contribution in [0, 0.1) is 5.92 Å². The van der Waals surface area contributed by atoms with Crippen molar-refractivity contribution in [3.63, 3.8) is 0 Å². The number of hydrogen-bond acceptors (Lipinski definition) is 3. The van der Waals surface area contributed by atoms with Crippen LogP contribution in [-0.4, -0.2) is 12.1 Å². The Balaban J connectivity index is 2.33. The normalized spacial score (nSPS) is 20.5. The van der Waals surface area contributed by atoms with Gasteiger partial charge in [0.25, 0.3) is 5.91 Å². The SMILES string of the molecule is CC1C=NN(c2cccc(N)c2)C1=O. The molecule has 1 aromatic carbocycles. The molecule has 4 heteroatoms. The van der Waals surface area contributed by atoms with Gasteiger partial charge in [-0.15, -0.1) is 0 Å². The third-order valence-electron chi connectivity index (χ3n) is 2.12. The van der Waals surface area contributed by atoms with Gasteiger partial charge in [-0.2, -0.15) is 5.10 Å². The summed E-state index contributed by atoms with van der Waals surface area (Å²) < 4.78 is 0. The van der Waals surface area contributed by atoms with E-state index in [2.05, 4.69) is 5.10 Å². The van der Waals surface area contributed by atoms with Crippen LogP contribution >= 0.6 is 0 Å². The zero-order valence-corrected chi connectivity index (χ0v) is 7.84. The quantitative estimate of drug-likeness (QED) is 0.675. The van der Waals surface area contributed by atoms with Crippen LogP contribution in [0.2, 0.25) is 0 Å². The summed E-state index contributed by atoms with van der Waals surface area (Å²) in [6.07, 6.45) is 1.63. The molecule has 2 rings (SSSR count). The van der Waals surface area contributed by atoms with E-state index < -0.39 is 0 Å². The van der Waals surface area contributed by atoms with Gasteiger partial charge in [-0.25, -0.2) is 5.01 Å². The predicted molar refractivity (Wildman–Crippen MR) is 56.0 cm³/mol. The molecule has 0 aromatic heterocycles. The van der Waals surface area contributed by atoms with Crippen LogP contribution in [0.15, 0.2) is 29.4 Å². The second kappa shape index (κ2) is 3.14. The first-order valence-corrected chi connectivity index (χ1v) is 4.42. The summed E-state index contributed by atoms with van der Waals surface area (Å²) in [4.78, 5) is 11.6. The number of nitrogens with two attached hydrogens (primary N) is 1. The first-order valence-electron chi connectivity index (χ1n) is 4.42. The molecule has 0 radical (unpaired) electrons. The number of nitrogens with zero attached hydrogens (tertiary/aromatic N) is 2. The van der Waals surface area contributed by atoms with E-state index >= 15 is 0 Å². The van der Waals surface area contributed by atoms with E-state index in [1.54, 1.807) is 24.4 Å². The van der Waals surface area contributed by atoms with Gasteiger partial charge in [-0.05, 0) is 25.1 Å². The van der Waals surface area contributed by atoms with E-state index in [0.717, 1.165) is 5.69 Å². The summed E-state index contributed by atoms with van der Waals surface area (Å²) in [5.74, 6) is -0.160. The van der Waals surface area contributed by atoms with Crippen LogP contribution in [0.5, 0.6) is 0 Å². The maximum atomic E-state index is 11.6. The van der Waals surface area contributed by atoms with E-state index in [0.29, 0.717) is 5.69 Å². The molecule has 1 amide bonds. The van der Waals surface area contributed by atoms with Gasteiger partial charge >= 0.3 is 0 Å². The number of amides is 1. The molecule has 0 saturated heterocycles. The molecule has 14 heavy (non-hydrogen) atoms. The molecule has 1 atom stereocenters. The summed E-state index contributed by atoms with van der Waals surface area (Å²) in [6, 6.07) is 7.12. The summed E-state index contributed by atoms with van der Waals surface area (Å²) in [7, 11) is 0. The smallest absolute Gasteiger partial charge is 0.255 e. The van der Waals surface area contributed by atoms with Crippen LogP contribution in [0.4, 0.5) is 11.4 Å². The first kappa shape index (κ1) is 8.74. The van der Waals surface area contributed by atoms with Crippen molar-refractivity contribution in [1.29, 1.82) is 0 Å². The molecule has 72 valence electrons. The van der Waals surface area contributed by atoms with Gasteiger partial charge in [0.2, 0.25) is 0 Å². The fourth-order valence-corrected chi connectivity index (χ4v) is 1.33. The first-order chi connectivity index (χ1) is 6.68.